The monoisotopic (exact) mass is 603 g/mol. The lowest BCUT2D eigenvalue weighted by Gasteiger charge is -2.30. The molecule has 0 radical (unpaired) electrons. The van der Waals surface area contributed by atoms with Crippen molar-refractivity contribution in [2.45, 2.75) is 0 Å². The SMILES string of the molecule is c1ccc(-c2ccc3sc4c5ccccc5c(N(c5ccccc5-c5ccccc5)c5cccc6ccccc56)cc4c3c2)cc1. The van der Waals surface area contributed by atoms with E-state index in [-0.39, 0.29) is 0 Å². The number of hydrogen-bond donors (Lipinski definition) is 0. The van der Waals surface area contributed by atoms with Crippen LogP contribution < -0.4 is 4.90 Å². The summed E-state index contributed by atoms with van der Waals surface area (Å²) in [6.07, 6.45) is 0. The van der Waals surface area contributed by atoms with Gasteiger partial charge in [0.15, 0.2) is 0 Å². The van der Waals surface area contributed by atoms with Crippen molar-refractivity contribution in [3.63, 3.8) is 0 Å². The molecular formula is C44H29NS. The molecule has 0 aliphatic heterocycles. The van der Waals surface area contributed by atoms with Crippen LogP contribution in [0.2, 0.25) is 0 Å². The van der Waals surface area contributed by atoms with Crippen molar-refractivity contribution in [3.8, 4) is 22.3 Å². The zero-order valence-electron chi connectivity index (χ0n) is 25.1. The van der Waals surface area contributed by atoms with Crippen LogP contribution in [0.1, 0.15) is 0 Å². The standard InChI is InChI=1S/C44H29NS/c1-3-14-30(15-4-1)33-26-27-43-38(28-33)39-29-42(36-22-9-10-23-37(36)44(39)46-43)45(41-25-13-19-32-18-7-8-20-35(32)41)40-24-12-11-21-34(40)31-16-5-2-6-17-31/h1-29H. The molecule has 216 valence electrons. The van der Waals surface area contributed by atoms with Crippen molar-refractivity contribution in [2.75, 3.05) is 4.90 Å². The second-order valence-electron chi connectivity index (χ2n) is 11.7. The Morgan fingerprint density at radius 3 is 1.80 bits per heavy atom. The van der Waals surface area contributed by atoms with Gasteiger partial charge in [0.25, 0.3) is 0 Å². The lowest BCUT2D eigenvalue weighted by atomic mass is 9.97. The van der Waals surface area contributed by atoms with E-state index in [1.54, 1.807) is 0 Å². The van der Waals surface area contributed by atoms with Gasteiger partial charge in [-0.3, -0.25) is 0 Å². The van der Waals surface area contributed by atoms with Gasteiger partial charge in [0.2, 0.25) is 0 Å². The number of para-hydroxylation sites is 1. The normalized spacial score (nSPS) is 11.5. The third kappa shape index (κ3) is 4.38. The van der Waals surface area contributed by atoms with Gasteiger partial charge >= 0.3 is 0 Å². The molecule has 0 aliphatic carbocycles. The smallest absolute Gasteiger partial charge is 0.0547 e. The predicted octanol–water partition coefficient (Wildman–Crippen LogP) is 13.2. The number of benzene rings is 8. The third-order valence-corrected chi connectivity index (χ3v) is 10.3. The highest BCUT2D eigenvalue weighted by molar-refractivity contribution is 7.26. The molecule has 0 amide bonds. The summed E-state index contributed by atoms with van der Waals surface area (Å²) in [4.78, 5) is 2.50. The van der Waals surface area contributed by atoms with E-state index in [4.69, 9.17) is 0 Å². The van der Waals surface area contributed by atoms with Gasteiger partial charge in [-0.25, -0.2) is 0 Å². The first-order valence-corrected chi connectivity index (χ1v) is 16.5. The van der Waals surface area contributed by atoms with Crippen molar-refractivity contribution < 1.29 is 0 Å². The minimum Gasteiger partial charge on any atom is -0.309 e. The van der Waals surface area contributed by atoms with Crippen LogP contribution in [0.15, 0.2) is 176 Å². The van der Waals surface area contributed by atoms with Crippen LogP contribution in [-0.4, -0.2) is 0 Å². The van der Waals surface area contributed by atoms with Crippen LogP contribution in [0.4, 0.5) is 17.1 Å². The summed E-state index contributed by atoms with van der Waals surface area (Å²) in [6, 6.07) is 63.9. The minimum absolute atomic E-state index is 1.15. The first kappa shape index (κ1) is 26.7. The average Bonchev–Trinajstić information content (AvgIpc) is 3.51. The number of rotatable bonds is 5. The summed E-state index contributed by atoms with van der Waals surface area (Å²) in [6.45, 7) is 0. The number of nitrogens with zero attached hydrogens (tertiary/aromatic N) is 1. The molecule has 0 aliphatic rings. The summed E-state index contributed by atoms with van der Waals surface area (Å²) in [7, 11) is 0. The average molecular weight is 604 g/mol. The van der Waals surface area contributed by atoms with Crippen LogP contribution in [0.5, 0.6) is 0 Å². The zero-order valence-corrected chi connectivity index (χ0v) is 25.9. The number of anilines is 3. The van der Waals surface area contributed by atoms with Crippen LogP contribution >= 0.6 is 11.3 Å². The molecule has 0 N–H and O–H groups in total. The molecule has 8 aromatic carbocycles. The molecule has 2 heteroatoms. The minimum atomic E-state index is 1.15. The number of thiophene rings is 1. The highest BCUT2D eigenvalue weighted by atomic mass is 32.1. The Bertz CT molecular complexity index is 2520. The van der Waals surface area contributed by atoms with Gasteiger partial charge in [-0.1, -0.05) is 146 Å². The fourth-order valence-corrected chi connectivity index (χ4v) is 8.10. The molecule has 0 fully saturated rings. The highest BCUT2D eigenvalue weighted by Gasteiger charge is 2.23. The van der Waals surface area contributed by atoms with Crippen molar-refractivity contribution >= 4 is 70.1 Å². The largest absolute Gasteiger partial charge is 0.309 e. The van der Waals surface area contributed by atoms with E-state index in [1.807, 2.05) is 11.3 Å². The first-order chi connectivity index (χ1) is 22.8. The van der Waals surface area contributed by atoms with Gasteiger partial charge in [-0.2, -0.15) is 0 Å². The topological polar surface area (TPSA) is 3.24 Å². The Hall–Kier alpha value is -5.70. The molecule has 1 heterocycles. The van der Waals surface area contributed by atoms with Crippen molar-refractivity contribution in [1.82, 2.24) is 0 Å². The van der Waals surface area contributed by atoms with Gasteiger partial charge in [0, 0.05) is 41.9 Å². The Kier molecular flexibility index (Phi) is 6.40. The fourth-order valence-electron chi connectivity index (χ4n) is 6.90. The van der Waals surface area contributed by atoms with E-state index in [2.05, 4.69) is 181 Å². The molecule has 0 atom stereocenters. The molecule has 1 aromatic heterocycles. The van der Waals surface area contributed by atoms with E-state index < -0.39 is 0 Å². The third-order valence-electron chi connectivity index (χ3n) is 9.04. The molecule has 0 saturated carbocycles. The Morgan fingerprint density at radius 1 is 0.348 bits per heavy atom. The maximum atomic E-state index is 2.50. The van der Waals surface area contributed by atoms with Crippen LogP contribution in [-0.2, 0) is 0 Å². The molecule has 0 unspecified atom stereocenters. The van der Waals surface area contributed by atoms with Gasteiger partial charge in [-0.15, -0.1) is 11.3 Å². The van der Waals surface area contributed by atoms with Crippen molar-refractivity contribution in [2.24, 2.45) is 0 Å². The Balaban J connectivity index is 1.40. The van der Waals surface area contributed by atoms with Gasteiger partial charge < -0.3 is 4.90 Å². The maximum absolute atomic E-state index is 2.50. The lowest BCUT2D eigenvalue weighted by molar-refractivity contribution is 1.32. The lowest BCUT2D eigenvalue weighted by Crippen LogP contribution is -2.12. The quantitative estimate of drug-likeness (QED) is 0.189. The molecule has 9 rings (SSSR count). The number of hydrogen-bond acceptors (Lipinski definition) is 2. The fraction of sp³-hybridized carbons (Fsp3) is 0. The molecule has 0 bridgehead atoms. The Morgan fingerprint density at radius 2 is 0.978 bits per heavy atom. The van der Waals surface area contributed by atoms with Gasteiger partial charge in [0.05, 0.1) is 17.1 Å². The summed E-state index contributed by atoms with van der Waals surface area (Å²) in [5.41, 5.74) is 8.35. The van der Waals surface area contributed by atoms with E-state index in [1.165, 1.54) is 69.7 Å². The molecule has 46 heavy (non-hydrogen) atoms. The molecule has 0 spiro atoms. The molecule has 9 aromatic rings. The Labute approximate surface area is 272 Å². The van der Waals surface area contributed by atoms with Gasteiger partial charge in [0.1, 0.15) is 0 Å². The van der Waals surface area contributed by atoms with Crippen molar-refractivity contribution in [3.05, 3.63) is 176 Å². The van der Waals surface area contributed by atoms with Crippen LogP contribution in [0.3, 0.4) is 0 Å². The van der Waals surface area contributed by atoms with Crippen LogP contribution in [0.25, 0.3) is 64.0 Å². The van der Waals surface area contributed by atoms with Crippen molar-refractivity contribution in [1.29, 1.82) is 0 Å². The zero-order chi connectivity index (χ0) is 30.5. The summed E-state index contributed by atoms with van der Waals surface area (Å²) in [5, 5.41) is 7.54. The first-order valence-electron chi connectivity index (χ1n) is 15.7. The maximum Gasteiger partial charge on any atom is 0.0547 e. The molecule has 0 saturated heterocycles. The number of fused-ring (bicyclic) bond motifs is 6. The van der Waals surface area contributed by atoms with Crippen LogP contribution in [0, 0.1) is 0 Å². The second-order valence-corrected chi connectivity index (χ2v) is 12.8. The van der Waals surface area contributed by atoms with E-state index in [0.717, 1.165) is 11.4 Å². The van der Waals surface area contributed by atoms with E-state index in [0.29, 0.717) is 0 Å². The second kappa shape index (κ2) is 11.0. The highest BCUT2D eigenvalue weighted by Crippen LogP contribution is 2.49. The summed E-state index contributed by atoms with van der Waals surface area (Å²) in [5.74, 6) is 0. The molecular weight excluding hydrogens is 575 g/mol. The van der Waals surface area contributed by atoms with E-state index in [9.17, 15) is 0 Å². The molecule has 1 nitrogen and oxygen atoms in total. The summed E-state index contributed by atoms with van der Waals surface area (Å²) < 4.78 is 2.63. The van der Waals surface area contributed by atoms with E-state index >= 15 is 0 Å². The van der Waals surface area contributed by atoms with Gasteiger partial charge in [-0.05, 0) is 52.4 Å². The predicted molar refractivity (Wildman–Crippen MR) is 200 cm³/mol. The summed E-state index contributed by atoms with van der Waals surface area (Å²) >= 11 is 1.89.